The Balaban J connectivity index is 2.16. The molecule has 1 aromatic rings. The Kier molecular flexibility index (Phi) is 2.20. The molecule has 16 heavy (non-hydrogen) atoms. The minimum absolute atomic E-state index is 0.159. The third kappa shape index (κ3) is 1.29. The molecule has 0 amide bonds. The van der Waals surface area contributed by atoms with Crippen molar-refractivity contribution in [3.8, 4) is 11.5 Å². The van der Waals surface area contributed by atoms with E-state index in [2.05, 4.69) is 28.9 Å². The van der Waals surface area contributed by atoms with Gasteiger partial charge in [-0.25, -0.2) is 0 Å². The molecule has 3 rings (SSSR count). The average Bonchev–Trinajstić information content (AvgIpc) is 2.69. The van der Waals surface area contributed by atoms with Crippen molar-refractivity contribution in [2.24, 2.45) is 5.73 Å². The molecule has 0 spiro atoms. The molecule has 0 aromatic heterocycles. The van der Waals surface area contributed by atoms with Crippen molar-refractivity contribution in [2.75, 3.05) is 6.79 Å². The summed E-state index contributed by atoms with van der Waals surface area (Å²) in [5.41, 5.74) is 8.52. The first-order valence-corrected chi connectivity index (χ1v) is 6.29. The lowest BCUT2D eigenvalue weighted by Gasteiger charge is -2.39. The smallest absolute Gasteiger partial charge is 0.231 e. The summed E-state index contributed by atoms with van der Waals surface area (Å²) in [4.78, 5) is 0. The summed E-state index contributed by atoms with van der Waals surface area (Å²) >= 11 is 3.52. The van der Waals surface area contributed by atoms with Gasteiger partial charge in [-0.2, -0.15) is 0 Å². The molecule has 1 aliphatic heterocycles. The molecule has 0 unspecified atom stereocenters. The molecular formula is C12H14BrNO2. The molecular weight excluding hydrogens is 270 g/mol. The molecule has 0 saturated heterocycles. The summed E-state index contributed by atoms with van der Waals surface area (Å²) in [7, 11) is 0. The van der Waals surface area contributed by atoms with Crippen LogP contribution < -0.4 is 15.2 Å². The van der Waals surface area contributed by atoms with E-state index >= 15 is 0 Å². The van der Waals surface area contributed by atoms with Gasteiger partial charge in [0.2, 0.25) is 6.79 Å². The topological polar surface area (TPSA) is 44.5 Å². The SMILES string of the molecule is Cc1c(C2(N)CCC2)cc(Br)c2c1OCO2. The van der Waals surface area contributed by atoms with Crippen LogP contribution in [0.15, 0.2) is 10.5 Å². The van der Waals surface area contributed by atoms with Crippen LogP contribution in [-0.2, 0) is 5.54 Å². The van der Waals surface area contributed by atoms with Gasteiger partial charge in [-0.1, -0.05) is 0 Å². The van der Waals surface area contributed by atoms with Gasteiger partial charge in [-0.05, 0) is 53.7 Å². The van der Waals surface area contributed by atoms with Gasteiger partial charge in [0.25, 0.3) is 0 Å². The normalized spacial score (nSPS) is 20.7. The molecule has 1 fully saturated rings. The highest BCUT2D eigenvalue weighted by Gasteiger charge is 2.38. The first-order chi connectivity index (χ1) is 7.62. The Hall–Kier alpha value is -0.740. The lowest BCUT2D eigenvalue weighted by atomic mass is 9.71. The quantitative estimate of drug-likeness (QED) is 0.862. The molecule has 0 radical (unpaired) electrons. The maximum atomic E-state index is 6.37. The number of benzene rings is 1. The second-order valence-electron chi connectivity index (χ2n) is 4.61. The van der Waals surface area contributed by atoms with E-state index in [9.17, 15) is 0 Å². The zero-order chi connectivity index (χ0) is 11.3. The molecule has 1 aromatic carbocycles. The fourth-order valence-corrected chi connectivity index (χ4v) is 3.02. The molecule has 3 nitrogen and oxygen atoms in total. The molecule has 1 saturated carbocycles. The van der Waals surface area contributed by atoms with Gasteiger partial charge < -0.3 is 15.2 Å². The summed E-state index contributed by atoms with van der Waals surface area (Å²) in [5, 5.41) is 0. The Morgan fingerprint density at radius 3 is 2.62 bits per heavy atom. The maximum absolute atomic E-state index is 6.37. The predicted octanol–water partition coefficient (Wildman–Crippen LogP) is 2.82. The van der Waals surface area contributed by atoms with Crippen molar-refractivity contribution in [3.05, 3.63) is 21.7 Å². The summed E-state index contributed by atoms with van der Waals surface area (Å²) in [5.74, 6) is 1.66. The molecule has 1 heterocycles. The van der Waals surface area contributed by atoms with Gasteiger partial charge in [0.15, 0.2) is 11.5 Å². The van der Waals surface area contributed by atoms with Crippen molar-refractivity contribution in [1.29, 1.82) is 0 Å². The monoisotopic (exact) mass is 283 g/mol. The van der Waals surface area contributed by atoms with Gasteiger partial charge >= 0.3 is 0 Å². The van der Waals surface area contributed by atoms with Crippen molar-refractivity contribution >= 4 is 15.9 Å². The van der Waals surface area contributed by atoms with Gasteiger partial charge in [0.05, 0.1) is 4.47 Å². The van der Waals surface area contributed by atoms with Crippen LogP contribution in [0, 0.1) is 6.92 Å². The minimum atomic E-state index is -0.159. The Labute approximate surface area is 103 Å². The van der Waals surface area contributed by atoms with Crippen molar-refractivity contribution in [1.82, 2.24) is 0 Å². The molecule has 0 atom stereocenters. The van der Waals surface area contributed by atoms with E-state index in [0.717, 1.165) is 34.4 Å². The van der Waals surface area contributed by atoms with Crippen molar-refractivity contribution in [3.63, 3.8) is 0 Å². The van der Waals surface area contributed by atoms with Gasteiger partial charge in [0.1, 0.15) is 0 Å². The zero-order valence-corrected chi connectivity index (χ0v) is 10.8. The molecule has 86 valence electrons. The Bertz CT molecular complexity index is 455. The number of rotatable bonds is 1. The number of halogens is 1. The van der Waals surface area contributed by atoms with E-state index in [1.165, 1.54) is 12.0 Å². The maximum Gasteiger partial charge on any atom is 0.231 e. The fraction of sp³-hybridized carbons (Fsp3) is 0.500. The average molecular weight is 284 g/mol. The van der Waals surface area contributed by atoms with E-state index in [-0.39, 0.29) is 5.54 Å². The highest BCUT2D eigenvalue weighted by Crippen LogP contribution is 2.49. The molecule has 4 heteroatoms. The highest BCUT2D eigenvalue weighted by atomic mass is 79.9. The number of nitrogens with two attached hydrogens (primary N) is 1. The Morgan fingerprint density at radius 2 is 2.00 bits per heavy atom. The van der Waals surface area contributed by atoms with Crippen LogP contribution in [0.5, 0.6) is 11.5 Å². The highest BCUT2D eigenvalue weighted by molar-refractivity contribution is 9.10. The summed E-state index contributed by atoms with van der Waals surface area (Å²) in [6.45, 7) is 2.36. The van der Waals surface area contributed by atoms with Gasteiger partial charge in [0, 0.05) is 11.1 Å². The van der Waals surface area contributed by atoms with Crippen molar-refractivity contribution < 1.29 is 9.47 Å². The minimum Gasteiger partial charge on any atom is -0.453 e. The van der Waals surface area contributed by atoms with E-state index < -0.39 is 0 Å². The van der Waals surface area contributed by atoms with Crippen molar-refractivity contribution in [2.45, 2.75) is 31.7 Å². The van der Waals surface area contributed by atoms with Gasteiger partial charge in [-0.15, -0.1) is 0 Å². The predicted molar refractivity (Wildman–Crippen MR) is 64.7 cm³/mol. The first kappa shape index (κ1) is 10.4. The fourth-order valence-electron chi connectivity index (χ4n) is 2.50. The second-order valence-corrected chi connectivity index (χ2v) is 5.46. The largest absolute Gasteiger partial charge is 0.453 e. The second kappa shape index (κ2) is 3.37. The number of ether oxygens (including phenoxy) is 2. The first-order valence-electron chi connectivity index (χ1n) is 5.50. The summed E-state index contributed by atoms with van der Waals surface area (Å²) in [6, 6.07) is 2.09. The van der Waals surface area contributed by atoms with Crippen LogP contribution in [0.1, 0.15) is 30.4 Å². The van der Waals surface area contributed by atoms with Gasteiger partial charge in [-0.3, -0.25) is 0 Å². The van der Waals surface area contributed by atoms with Crippen LogP contribution in [0.2, 0.25) is 0 Å². The standard InChI is InChI=1S/C12H14BrNO2/c1-7-8(12(14)3-2-4-12)5-9(13)11-10(7)15-6-16-11/h5H,2-4,6,14H2,1H3. The third-order valence-corrected chi connectivity index (χ3v) is 4.22. The van der Waals surface area contributed by atoms with E-state index in [1.54, 1.807) is 0 Å². The number of fused-ring (bicyclic) bond motifs is 1. The zero-order valence-electron chi connectivity index (χ0n) is 9.18. The van der Waals surface area contributed by atoms with Crippen LogP contribution in [0.4, 0.5) is 0 Å². The van der Waals surface area contributed by atoms with E-state index in [0.29, 0.717) is 6.79 Å². The van der Waals surface area contributed by atoms with Crippen LogP contribution >= 0.6 is 15.9 Å². The summed E-state index contributed by atoms with van der Waals surface area (Å²) in [6.07, 6.45) is 3.32. The molecule has 0 bridgehead atoms. The summed E-state index contributed by atoms with van der Waals surface area (Å²) < 4.78 is 11.9. The molecule has 1 aliphatic carbocycles. The van der Waals surface area contributed by atoms with E-state index in [1.807, 2.05) is 0 Å². The van der Waals surface area contributed by atoms with E-state index in [4.69, 9.17) is 15.2 Å². The number of hydrogen-bond acceptors (Lipinski definition) is 3. The lowest BCUT2D eigenvalue weighted by molar-refractivity contribution is 0.172. The Morgan fingerprint density at radius 1 is 1.31 bits per heavy atom. The molecule has 2 aliphatic rings. The van der Waals surface area contributed by atoms with Crippen LogP contribution in [0.25, 0.3) is 0 Å². The lowest BCUT2D eigenvalue weighted by Crippen LogP contribution is -2.43. The molecule has 2 N–H and O–H groups in total. The van der Waals surface area contributed by atoms with Crippen LogP contribution in [0.3, 0.4) is 0 Å². The third-order valence-electron chi connectivity index (χ3n) is 3.63. The van der Waals surface area contributed by atoms with Crippen LogP contribution in [-0.4, -0.2) is 6.79 Å². The number of hydrogen-bond donors (Lipinski definition) is 1.